The summed E-state index contributed by atoms with van der Waals surface area (Å²) < 4.78 is 5.23. The zero-order valence-electron chi connectivity index (χ0n) is 16.4. The van der Waals surface area contributed by atoms with Gasteiger partial charge in [0.25, 0.3) is 0 Å². The highest BCUT2D eigenvalue weighted by Gasteiger charge is 2.12. The number of nitrogens with one attached hydrogen (secondary N) is 1. The number of hydrogen-bond donors (Lipinski definition) is 1. The molecule has 3 heterocycles. The third kappa shape index (κ3) is 5.48. The summed E-state index contributed by atoms with van der Waals surface area (Å²) in [7, 11) is 0. The smallest absolute Gasteiger partial charge is 0.227 e. The molecule has 3 aromatic rings. The second-order valence-electron chi connectivity index (χ2n) is 7.32. The average Bonchev–Trinajstić information content (AvgIpc) is 3.45. The maximum Gasteiger partial charge on any atom is 0.227 e. The summed E-state index contributed by atoms with van der Waals surface area (Å²) in [5.74, 6) is 0.935. The van der Waals surface area contributed by atoms with Crippen LogP contribution < -0.4 is 5.32 Å². The van der Waals surface area contributed by atoms with Crippen molar-refractivity contribution in [2.45, 2.75) is 38.8 Å². The maximum atomic E-state index is 12.1. The molecule has 0 spiro atoms. The van der Waals surface area contributed by atoms with Crippen molar-refractivity contribution < 1.29 is 9.32 Å². The molecule has 7 nitrogen and oxygen atoms in total. The normalized spacial score (nSPS) is 14.2. The molecule has 4 rings (SSSR count). The van der Waals surface area contributed by atoms with Crippen molar-refractivity contribution in [3.8, 4) is 11.4 Å². The Bertz CT molecular complexity index is 918. The molecule has 7 heteroatoms. The second-order valence-corrected chi connectivity index (χ2v) is 7.32. The number of likely N-dealkylation sites (tertiary alicyclic amines) is 1. The van der Waals surface area contributed by atoms with Gasteiger partial charge in [0.05, 0.1) is 0 Å². The zero-order chi connectivity index (χ0) is 19.9. The summed E-state index contributed by atoms with van der Waals surface area (Å²) in [6.07, 6.45) is 6.69. The molecule has 0 aliphatic carbocycles. The highest BCUT2D eigenvalue weighted by Crippen LogP contribution is 2.15. The van der Waals surface area contributed by atoms with Gasteiger partial charge in [0, 0.05) is 43.9 Å². The van der Waals surface area contributed by atoms with E-state index in [2.05, 4.69) is 49.6 Å². The third-order valence-electron chi connectivity index (χ3n) is 5.09. The summed E-state index contributed by atoms with van der Waals surface area (Å²) in [4.78, 5) is 22.9. The predicted octanol–water partition coefficient (Wildman–Crippen LogP) is 2.98. The van der Waals surface area contributed by atoms with E-state index in [9.17, 15) is 4.79 Å². The van der Waals surface area contributed by atoms with Crippen LogP contribution in [0, 0.1) is 0 Å². The van der Waals surface area contributed by atoms with Gasteiger partial charge >= 0.3 is 0 Å². The number of aromatic nitrogens is 3. The molecule has 2 aromatic heterocycles. The van der Waals surface area contributed by atoms with Gasteiger partial charge in [-0.3, -0.25) is 14.7 Å². The van der Waals surface area contributed by atoms with Crippen molar-refractivity contribution in [1.82, 2.24) is 25.3 Å². The van der Waals surface area contributed by atoms with Crippen LogP contribution in [-0.2, 0) is 24.3 Å². The molecule has 1 N–H and O–H groups in total. The third-order valence-corrected chi connectivity index (χ3v) is 5.09. The van der Waals surface area contributed by atoms with Gasteiger partial charge in [-0.1, -0.05) is 29.4 Å². The molecule has 1 aliphatic rings. The van der Waals surface area contributed by atoms with Gasteiger partial charge < -0.3 is 9.84 Å². The molecule has 1 fully saturated rings. The summed E-state index contributed by atoms with van der Waals surface area (Å²) >= 11 is 0. The lowest BCUT2D eigenvalue weighted by molar-refractivity contribution is -0.121. The van der Waals surface area contributed by atoms with Crippen LogP contribution in [0.1, 0.15) is 36.3 Å². The zero-order valence-corrected chi connectivity index (χ0v) is 16.4. The fourth-order valence-electron chi connectivity index (χ4n) is 3.45. The van der Waals surface area contributed by atoms with Crippen LogP contribution in [0.4, 0.5) is 0 Å². The minimum atomic E-state index is -0.0326. The van der Waals surface area contributed by atoms with E-state index in [4.69, 9.17) is 4.52 Å². The van der Waals surface area contributed by atoms with Crippen molar-refractivity contribution in [2.24, 2.45) is 0 Å². The minimum absolute atomic E-state index is 0.0326. The van der Waals surface area contributed by atoms with Crippen molar-refractivity contribution >= 4 is 5.91 Å². The van der Waals surface area contributed by atoms with E-state index < -0.39 is 0 Å². The lowest BCUT2D eigenvalue weighted by Gasteiger charge is -2.14. The van der Waals surface area contributed by atoms with Gasteiger partial charge in [-0.15, -0.1) is 0 Å². The number of nitrogens with zero attached hydrogens (tertiary/aromatic N) is 4. The van der Waals surface area contributed by atoms with E-state index in [1.807, 2.05) is 12.1 Å². The van der Waals surface area contributed by atoms with E-state index in [1.54, 1.807) is 12.4 Å². The Balaban J connectivity index is 1.20. The fourth-order valence-corrected chi connectivity index (χ4v) is 3.45. The monoisotopic (exact) mass is 391 g/mol. The summed E-state index contributed by atoms with van der Waals surface area (Å²) in [5.41, 5.74) is 3.26. The van der Waals surface area contributed by atoms with Crippen LogP contribution in [0.25, 0.3) is 11.4 Å². The largest absolute Gasteiger partial charge is 0.352 e. The molecule has 0 unspecified atom stereocenters. The molecule has 0 bridgehead atoms. The average molecular weight is 391 g/mol. The first-order valence-corrected chi connectivity index (χ1v) is 10.1. The molecule has 29 heavy (non-hydrogen) atoms. The van der Waals surface area contributed by atoms with Crippen LogP contribution in [0.3, 0.4) is 0 Å². The molecule has 0 radical (unpaired) electrons. The Morgan fingerprint density at radius 2 is 1.76 bits per heavy atom. The minimum Gasteiger partial charge on any atom is -0.352 e. The number of carbonyl (C=O) groups is 1. The Kier molecular flexibility index (Phi) is 6.26. The van der Waals surface area contributed by atoms with E-state index in [0.717, 1.165) is 17.7 Å². The number of benzene rings is 1. The molecule has 0 saturated carbocycles. The lowest BCUT2D eigenvalue weighted by Crippen LogP contribution is -2.23. The van der Waals surface area contributed by atoms with Crippen LogP contribution in [0.2, 0.25) is 0 Å². The first-order valence-electron chi connectivity index (χ1n) is 10.1. The second kappa shape index (κ2) is 9.43. The number of amides is 1. The van der Waals surface area contributed by atoms with Gasteiger partial charge in [-0.05, 0) is 49.2 Å². The fraction of sp³-hybridized carbons (Fsp3) is 0.364. The molecular weight excluding hydrogens is 366 g/mol. The maximum absolute atomic E-state index is 12.1. The summed E-state index contributed by atoms with van der Waals surface area (Å²) in [6, 6.07) is 12.1. The number of rotatable bonds is 8. The SMILES string of the molecule is O=C(CCc1nc(-c2ccncc2)no1)NCc1ccc(CN2CCCC2)cc1. The van der Waals surface area contributed by atoms with Crippen molar-refractivity contribution in [3.05, 3.63) is 65.8 Å². The van der Waals surface area contributed by atoms with Crippen molar-refractivity contribution in [2.75, 3.05) is 13.1 Å². The highest BCUT2D eigenvalue weighted by atomic mass is 16.5. The molecule has 1 amide bonds. The number of hydrogen-bond acceptors (Lipinski definition) is 6. The standard InChI is InChI=1S/C22H25N5O2/c28-20(7-8-21-25-22(26-29-21)19-9-11-23-12-10-19)24-15-17-3-5-18(6-4-17)16-27-13-1-2-14-27/h3-6,9-12H,1-2,7-8,13-16H2,(H,24,28). The lowest BCUT2D eigenvalue weighted by atomic mass is 10.1. The summed E-state index contributed by atoms with van der Waals surface area (Å²) in [6.45, 7) is 3.93. The Hall–Kier alpha value is -3.06. The number of pyridine rings is 1. The van der Waals surface area contributed by atoms with E-state index in [0.29, 0.717) is 31.1 Å². The Morgan fingerprint density at radius 1 is 1.03 bits per heavy atom. The number of carbonyl (C=O) groups excluding carboxylic acids is 1. The molecule has 0 atom stereocenters. The van der Waals surface area contributed by atoms with Crippen molar-refractivity contribution in [1.29, 1.82) is 0 Å². The van der Waals surface area contributed by atoms with Gasteiger partial charge in [-0.25, -0.2) is 0 Å². The van der Waals surface area contributed by atoms with Gasteiger partial charge in [-0.2, -0.15) is 4.98 Å². The van der Waals surface area contributed by atoms with Crippen LogP contribution >= 0.6 is 0 Å². The quantitative estimate of drug-likeness (QED) is 0.636. The Labute approximate surface area is 170 Å². The van der Waals surface area contributed by atoms with Crippen molar-refractivity contribution in [3.63, 3.8) is 0 Å². The Morgan fingerprint density at radius 3 is 2.52 bits per heavy atom. The summed E-state index contributed by atoms with van der Waals surface area (Å²) in [5, 5.41) is 6.91. The molecular formula is C22H25N5O2. The van der Waals surface area contributed by atoms with E-state index >= 15 is 0 Å². The van der Waals surface area contributed by atoms with Crippen LogP contribution in [0.15, 0.2) is 53.3 Å². The molecule has 1 aliphatic heterocycles. The van der Waals surface area contributed by atoms with Gasteiger partial charge in [0.2, 0.25) is 17.6 Å². The topological polar surface area (TPSA) is 84.1 Å². The van der Waals surface area contributed by atoms with Gasteiger partial charge in [0.15, 0.2) is 0 Å². The molecule has 150 valence electrons. The van der Waals surface area contributed by atoms with E-state index in [1.165, 1.54) is 31.5 Å². The first kappa shape index (κ1) is 19.3. The first-order chi connectivity index (χ1) is 14.3. The predicted molar refractivity (Wildman–Crippen MR) is 109 cm³/mol. The van der Waals surface area contributed by atoms with E-state index in [-0.39, 0.29) is 5.91 Å². The van der Waals surface area contributed by atoms with Crippen LogP contribution in [0.5, 0.6) is 0 Å². The van der Waals surface area contributed by atoms with Crippen LogP contribution in [-0.4, -0.2) is 39.0 Å². The number of aryl methyl sites for hydroxylation is 1. The highest BCUT2D eigenvalue weighted by molar-refractivity contribution is 5.76. The molecule has 1 saturated heterocycles. The molecule has 1 aromatic carbocycles. The van der Waals surface area contributed by atoms with Gasteiger partial charge in [0.1, 0.15) is 0 Å².